The first-order chi connectivity index (χ1) is 13.1. The predicted octanol–water partition coefficient (Wildman–Crippen LogP) is 2.84. The average molecular weight is 358 g/mol. The third-order valence-corrected chi connectivity index (χ3v) is 4.74. The molecule has 0 spiro atoms. The summed E-state index contributed by atoms with van der Waals surface area (Å²) in [5.41, 5.74) is 7.36. The molecule has 2 N–H and O–H groups in total. The van der Waals surface area contributed by atoms with E-state index in [1.165, 1.54) is 0 Å². The minimum Gasteiger partial charge on any atom is -0.497 e. The third-order valence-electron chi connectivity index (χ3n) is 4.74. The largest absolute Gasteiger partial charge is 0.497 e. The summed E-state index contributed by atoms with van der Waals surface area (Å²) >= 11 is 0. The van der Waals surface area contributed by atoms with Gasteiger partial charge in [0.25, 0.3) is 0 Å². The molecule has 0 saturated carbocycles. The lowest BCUT2D eigenvalue weighted by Gasteiger charge is -2.30. The van der Waals surface area contributed by atoms with Gasteiger partial charge in [-0.3, -0.25) is 9.59 Å². The molecule has 132 valence electrons. The molecule has 27 heavy (non-hydrogen) atoms. The molecule has 2 aromatic rings. The minimum atomic E-state index is -0.783. The Morgan fingerprint density at radius 3 is 2.26 bits per heavy atom. The van der Waals surface area contributed by atoms with Crippen LogP contribution >= 0.6 is 0 Å². The maximum atomic E-state index is 13.2. The van der Waals surface area contributed by atoms with Crippen molar-refractivity contribution in [3.05, 3.63) is 88.0 Å². The van der Waals surface area contributed by atoms with Gasteiger partial charge in [0.1, 0.15) is 17.4 Å². The van der Waals surface area contributed by atoms with Gasteiger partial charge in [0.05, 0.1) is 18.6 Å². The van der Waals surface area contributed by atoms with E-state index < -0.39 is 11.7 Å². The molecule has 2 aliphatic rings. The fraction of sp³-hybridized carbons (Fsp3) is 0.0952. The number of fused-ring (bicyclic) bond motifs is 1. The van der Waals surface area contributed by atoms with E-state index in [9.17, 15) is 14.9 Å². The number of nitriles is 1. The molecule has 1 aliphatic carbocycles. The van der Waals surface area contributed by atoms with Gasteiger partial charge in [-0.25, -0.2) is 0 Å². The van der Waals surface area contributed by atoms with Gasteiger partial charge >= 0.3 is 0 Å². The molecule has 0 saturated heterocycles. The van der Waals surface area contributed by atoms with Gasteiger partial charge in [0, 0.05) is 11.1 Å². The van der Waals surface area contributed by atoms with E-state index >= 15 is 0 Å². The van der Waals surface area contributed by atoms with Crippen molar-refractivity contribution in [1.82, 2.24) is 0 Å². The molecule has 1 heterocycles. The number of Topliss-reactive ketones (excluding diaryl/α,β-unsaturated/α-hetero) is 2. The fourth-order valence-corrected chi connectivity index (χ4v) is 3.44. The van der Waals surface area contributed by atoms with Gasteiger partial charge in [0.2, 0.25) is 11.7 Å². The Labute approximate surface area is 155 Å². The highest BCUT2D eigenvalue weighted by molar-refractivity contribution is 6.27. The van der Waals surface area contributed by atoms with Gasteiger partial charge in [-0.1, -0.05) is 36.4 Å². The molecule has 6 heteroatoms. The summed E-state index contributed by atoms with van der Waals surface area (Å²) in [6, 6.07) is 15.5. The van der Waals surface area contributed by atoms with Crippen LogP contribution in [-0.2, 0) is 4.74 Å². The Hall–Kier alpha value is -3.85. The Morgan fingerprint density at radius 2 is 1.67 bits per heavy atom. The van der Waals surface area contributed by atoms with Crippen molar-refractivity contribution in [1.29, 1.82) is 5.26 Å². The maximum absolute atomic E-state index is 13.2. The Kier molecular flexibility index (Phi) is 3.78. The van der Waals surface area contributed by atoms with Crippen molar-refractivity contribution in [2.24, 2.45) is 5.73 Å². The molecule has 0 aromatic heterocycles. The molecule has 1 atom stereocenters. The highest BCUT2D eigenvalue weighted by Gasteiger charge is 2.43. The van der Waals surface area contributed by atoms with Crippen LogP contribution in [0.15, 0.2) is 71.3 Å². The van der Waals surface area contributed by atoms with Crippen LogP contribution in [-0.4, -0.2) is 18.7 Å². The quantitative estimate of drug-likeness (QED) is 0.885. The van der Waals surface area contributed by atoms with Crippen molar-refractivity contribution in [3.63, 3.8) is 0 Å². The van der Waals surface area contributed by atoms with E-state index in [2.05, 4.69) is 0 Å². The van der Waals surface area contributed by atoms with Crippen molar-refractivity contribution >= 4 is 11.6 Å². The molecule has 6 nitrogen and oxygen atoms in total. The molecule has 0 radical (unpaired) electrons. The third kappa shape index (κ3) is 2.41. The molecule has 1 aliphatic heterocycles. The van der Waals surface area contributed by atoms with Gasteiger partial charge in [-0.05, 0) is 17.7 Å². The molecular weight excluding hydrogens is 344 g/mol. The zero-order valence-corrected chi connectivity index (χ0v) is 14.4. The average Bonchev–Trinajstić information content (AvgIpc) is 2.71. The van der Waals surface area contributed by atoms with Crippen molar-refractivity contribution in [2.75, 3.05) is 7.11 Å². The zero-order chi connectivity index (χ0) is 19.1. The zero-order valence-electron chi connectivity index (χ0n) is 14.4. The molecule has 2 aromatic carbocycles. The number of ether oxygens (including phenoxy) is 2. The number of nitrogens with two attached hydrogens (primary N) is 1. The first-order valence-corrected chi connectivity index (χ1v) is 8.21. The second-order valence-corrected chi connectivity index (χ2v) is 6.14. The number of hydrogen-bond donors (Lipinski definition) is 1. The summed E-state index contributed by atoms with van der Waals surface area (Å²) in [7, 11) is 1.54. The van der Waals surface area contributed by atoms with Gasteiger partial charge in [-0.2, -0.15) is 5.26 Å². The molecule has 0 fully saturated rings. The summed E-state index contributed by atoms with van der Waals surface area (Å²) < 4.78 is 10.6. The lowest BCUT2D eigenvalue weighted by molar-refractivity contribution is 0.0897. The summed E-state index contributed by atoms with van der Waals surface area (Å²) in [4.78, 5) is 26.1. The second-order valence-electron chi connectivity index (χ2n) is 6.14. The van der Waals surface area contributed by atoms with Crippen molar-refractivity contribution < 1.29 is 19.1 Å². The van der Waals surface area contributed by atoms with Crippen molar-refractivity contribution in [3.8, 4) is 11.8 Å². The van der Waals surface area contributed by atoms with Crippen LogP contribution in [0.3, 0.4) is 0 Å². The van der Waals surface area contributed by atoms with Crippen molar-refractivity contribution in [2.45, 2.75) is 5.92 Å². The number of methoxy groups -OCH3 is 1. The first-order valence-electron chi connectivity index (χ1n) is 8.21. The molecule has 4 rings (SSSR count). The van der Waals surface area contributed by atoms with E-state index in [1.54, 1.807) is 55.6 Å². The van der Waals surface area contributed by atoms with Gasteiger partial charge < -0.3 is 15.2 Å². The van der Waals surface area contributed by atoms with E-state index in [0.29, 0.717) is 16.9 Å². The van der Waals surface area contributed by atoms with Crippen LogP contribution in [0.1, 0.15) is 32.2 Å². The summed E-state index contributed by atoms with van der Waals surface area (Å²) in [6.45, 7) is 0. The first kappa shape index (κ1) is 16.6. The number of ketones is 2. The lowest BCUT2D eigenvalue weighted by atomic mass is 9.75. The fourth-order valence-electron chi connectivity index (χ4n) is 3.44. The Morgan fingerprint density at radius 1 is 1.04 bits per heavy atom. The van der Waals surface area contributed by atoms with E-state index in [1.807, 2.05) is 6.07 Å². The Balaban J connectivity index is 1.94. The number of benzene rings is 2. The van der Waals surface area contributed by atoms with E-state index in [0.717, 1.165) is 0 Å². The van der Waals surface area contributed by atoms with Gasteiger partial charge in [-0.15, -0.1) is 0 Å². The molecule has 0 bridgehead atoms. The topological polar surface area (TPSA) is 102 Å². The maximum Gasteiger partial charge on any atom is 0.229 e. The predicted molar refractivity (Wildman–Crippen MR) is 95.8 cm³/mol. The number of nitrogens with zero attached hydrogens (tertiary/aromatic N) is 1. The highest BCUT2D eigenvalue weighted by Crippen LogP contribution is 2.44. The Bertz CT molecular complexity index is 1090. The van der Waals surface area contributed by atoms with Crippen LogP contribution in [0, 0.1) is 11.3 Å². The monoisotopic (exact) mass is 358 g/mol. The van der Waals surface area contributed by atoms with Crippen LogP contribution in [0.4, 0.5) is 0 Å². The second kappa shape index (κ2) is 6.15. The van der Waals surface area contributed by atoms with E-state index in [4.69, 9.17) is 15.2 Å². The van der Waals surface area contributed by atoms with Gasteiger partial charge in [0.15, 0.2) is 11.5 Å². The van der Waals surface area contributed by atoms with E-state index in [-0.39, 0.29) is 34.1 Å². The van der Waals surface area contributed by atoms with Crippen LogP contribution in [0.5, 0.6) is 5.75 Å². The SMILES string of the molecule is COc1ccc(C2C(C#N)=C(N)OC3=C2C(=O)c2ccccc2C3=O)cc1. The van der Waals surface area contributed by atoms with Crippen LogP contribution < -0.4 is 10.5 Å². The lowest BCUT2D eigenvalue weighted by Crippen LogP contribution is -2.32. The summed E-state index contributed by atoms with van der Waals surface area (Å²) in [5, 5.41) is 9.62. The van der Waals surface area contributed by atoms with Crippen LogP contribution in [0.25, 0.3) is 0 Å². The summed E-state index contributed by atoms with van der Waals surface area (Å²) in [5.74, 6) is -1.20. The standard InChI is InChI=1S/C21H14N2O4/c1-26-12-8-6-11(7-9-12)16-15(10-22)21(23)27-20-17(16)18(24)13-4-2-3-5-14(13)19(20)25/h2-9,16H,23H2,1H3. The number of carbonyl (C=O) groups excluding carboxylic acids is 2. The number of hydrogen-bond acceptors (Lipinski definition) is 6. The molecular formula is C21H14N2O4. The smallest absolute Gasteiger partial charge is 0.229 e. The number of carbonyl (C=O) groups is 2. The number of rotatable bonds is 2. The van der Waals surface area contributed by atoms with Crippen LogP contribution in [0.2, 0.25) is 0 Å². The summed E-state index contributed by atoms with van der Waals surface area (Å²) in [6.07, 6.45) is 0. The molecule has 1 unspecified atom stereocenters. The minimum absolute atomic E-state index is 0.0967. The molecule has 0 amide bonds. The number of allylic oxidation sites excluding steroid dienone is 3. The normalized spacial score (nSPS) is 18.4. The highest BCUT2D eigenvalue weighted by atomic mass is 16.5.